The fourth-order valence-corrected chi connectivity index (χ4v) is 4.61. The van der Waals surface area contributed by atoms with Gasteiger partial charge in [0.25, 0.3) is 0 Å². The summed E-state index contributed by atoms with van der Waals surface area (Å²) in [5.74, 6) is -1.66. The fourth-order valence-electron chi connectivity index (χ4n) is 3.13. The van der Waals surface area contributed by atoms with Gasteiger partial charge in [0.1, 0.15) is 5.82 Å². The highest BCUT2D eigenvalue weighted by atomic mass is 32.2. The van der Waals surface area contributed by atoms with E-state index in [4.69, 9.17) is 9.84 Å². The first-order valence-corrected chi connectivity index (χ1v) is 10.6. The van der Waals surface area contributed by atoms with Crippen molar-refractivity contribution < 1.29 is 27.4 Å². The van der Waals surface area contributed by atoms with Crippen LogP contribution in [0.1, 0.15) is 18.1 Å². The van der Waals surface area contributed by atoms with E-state index in [2.05, 4.69) is 0 Å². The molecule has 1 aliphatic heterocycles. The van der Waals surface area contributed by atoms with Crippen molar-refractivity contribution in [3.63, 3.8) is 0 Å². The Balaban J connectivity index is 2.05. The highest BCUT2D eigenvalue weighted by molar-refractivity contribution is 7.89. The van der Waals surface area contributed by atoms with Crippen LogP contribution >= 0.6 is 0 Å². The summed E-state index contributed by atoms with van der Waals surface area (Å²) in [7, 11) is -2.20. The van der Waals surface area contributed by atoms with Gasteiger partial charge in [0.15, 0.2) is 0 Å². The Labute approximate surface area is 169 Å². The van der Waals surface area contributed by atoms with E-state index in [1.807, 2.05) is 6.92 Å². The minimum absolute atomic E-state index is 0.0684. The Morgan fingerprint density at radius 1 is 1.34 bits per heavy atom. The number of epoxide rings is 1. The van der Waals surface area contributed by atoms with E-state index < -0.39 is 21.8 Å². The average molecular weight is 419 g/mol. The van der Waals surface area contributed by atoms with Crippen molar-refractivity contribution >= 4 is 22.1 Å². The Kier molecular flexibility index (Phi) is 6.16. The van der Waals surface area contributed by atoms with Crippen molar-refractivity contribution in [2.75, 3.05) is 20.2 Å². The molecule has 1 fully saturated rings. The number of carboxylic acid groups (broad SMARTS) is 1. The third-order valence-electron chi connectivity index (χ3n) is 4.73. The summed E-state index contributed by atoms with van der Waals surface area (Å²) in [6, 6.07) is 9.05. The van der Waals surface area contributed by atoms with Gasteiger partial charge in [0.2, 0.25) is 10.0 Å². The lowest BCUT2D eigenvalue weighted by Gasteiger charge is -2.19. The molecule has 1 heterocycles. The molecule has 0 bridgehead atoms. The number of carbonyl (C=O) groups is 1. The second-order valence-electron chi connectivity index (χ2n) is 6.79. The maximum absolute atomic E-state index is 14.6. The molecule has 154 valence electrons. The maximum Gasteiger partial charge on any atom is 0.328 e. The summed E-state index contributed by atoms with van der Waals surface area (Å²) in [5, 5.41) is 8.87. The number of ether oxygens (including phenoxy) is 1. The molecular weight excluding hydrogens is 397 g/mol. The zero-order valence-electron chi connectivity index (χ0n) is 16.1. The van der Waals surface area contributed by atoms with Crippen LogP contribution in [-0.4, -0.2) is 50.1 Å². The average Bonchev–Trinajstić information content (AvgIpc) is 3.49. The zero-order chi connectivity index (χ0) is 21.2. The van der Waals surface area contributed by atoms with Crippen molar-refractivity contribution in [2.45, 2.75) is 24.3 Å². The molecule has 1 saturated heterocycles. The van der Waals surface area contributed by atoms with E-state index in [9.17, 15) is 17.6 Å². The molecular formula is C21H22FNO5S. The van der Waals surface area contributed by atoms with Crippen LogP contribution in [0, 0.1) is 5.82 Å². The molecule has 6 nitrogen and oxygen atoms in total. The van der Waals surface area contributed by atoms with Crippen LogP contribution in [-0.2, 0) is 26.0 Å². The SMILES string of the molecule is CCc1cc(-c2c(F)cccc2C=CC(=O)O)ccc1S(=O)(=O)N(C)CC1CO1. The van der Waals surface area contributed by atoms with Gasteiger partial charge in [-0.25, -0.2) is 17.6 Å². The van der Waals surface area contributed by atoms with Crippen LogP contribution in [0.3, 0.4) is 0 Å². The number of sulfonamides is 1. The molecule has 0 amide bonds. The molecule has 0 aliphatic carbocycles. The minimum Gasteiger partial charge on any atom is -0.478 e. The number of aryl methyl sites for hydroxylation is 1. The molecule has 8 heteroatoms. The number of aliphatic carboxylic acids is 1. The van der Waals surface area contributed by atoms with Crippen molar-refractivity contribution in [1.29, 1.82) is 0 Å². The molecule has 0 spiro atoms. The van der Waals surface area contributed by atoms with E-state index in [1.54, 1.807) is 18.2 Å². The Morgan fingerprint density at radius 3 is 2.69 bits per heavy atom. The number of nitrogens with zero attached hydrogens (tertiary/aromatic N) is 1. The van der Waals surface area contributed by atoms with E-state index in [-0.39, 0.29) is 23.1 Å². The van der Waals surface area contributed by atoms with Crippen molar-refractivity contribution in [3.05, 3.63) is 59.4 Å². The monoisotopic (exact) mass is 419 g/mol. The number of hydrogen-bond donors (Lipinski definition) is 1. The number of halogens is 1. The molecule has 1 unspecified atom stereocenters. The van der Waals surface area contributed by atoms with Gasteiger partial charge in [-0.05, 0) is 47.4 Å². The van der Waals surface area contributed by atoms with Gasteiger partial charge < -0.3 is 9.84 Å². The standard InChI is InChI=1S/C21H22FNO5S/c1-3-14-11-16(21-15(8-10-20(24)25)5-4-6-18(21)22)7-9-19(14)29(26,27)23(2)12-17-13-28-17/h4-11,17H,3,12-13H2,1-2H3,(H,24,25). The van der Waals surface area contributed by atoms with Crippen LogP contribution in [0.4, 0.5) is 4.39 Å². The summed E-state index contributed by atoms with van der Waals surface area (Å²) in [5.41, 5.74) is 1.66. The van der Waals surface area contributed by atoms with Gasteiger partial charge in [-0.15, -0.1) is 0 Å². The van der Waals surface area contributed by atoms with Crippen LogP contribution in [0.2, 0.25) is 0 Å². The van der Waals surface area contributed by atoms with Gasteiger partial charge in [-0.3, -0.25) is 0 Å². The Morgan fingerprint density at radius 2 is 2.07 bits per heavy atom. The van der Waals surface area contributed by atoms with Crippen LogP contribution in [0.5, 0.6) is 0 Å². The summed E-state index contributed by atoms with van der Waals surface area (Å²) >= 11 is 0. The molecule has 29 heavy (non-hydrogen) atoms. The number of carboxylic acids is 1. The van der Waals surface area contributed by atoms with Crippen molar-refractivity contribution in [3.8, 4) is 11.1 Å². The van der Waals surface area contributed by atoms with Gasteiger partial charge in [0.05, 0.1) is 17.6 Å². The van der Waals surface area contributed by atoms with Gasteiger partial charge in [-0.1, -0.05) is 25.1 Å². The quantitative estimate of drug-likeness (QED) is 0.525. The third kappa shape index (κ3) is 4.72. The molecule has 0 radical (unpaired) electrons. The first-order valence-electron chi connectivity index (χ1n) is 9.14. The van der Waals surface area contributed by atoms with Gasteiger partial charge >= 0.3 is 5.97 Å². The molecule has 2 aromatic rings. The largest absolute Gasteiger partial charge is 0.478 e. The second kappa shape index (κ2) is 8.44. The Hall–Kier alpha value is -2.55. The smallest absolute Gasteiger partial charge is 0.328 e. The lowest BCUT2D eigenvalue weighted by molar-refractivity contribution is -0.131. The fraction of sp³-hybridized carbons (Fsp3) is 0.286. The molecule has 0 aromatic heterocycles. The first kappa shape index (κ1) is 21.2. The number of likely N-dealkylation sites (N-methyl/N-ethyl adjacent to an activating group) is 1. The molecule has 2 aromatic carbocycles. The molecule has 0 saturated carbocycles. The van der Waals surface area contributed by atoms with Crippen LogP contribution < -0.4 is 0 Å². The second-order valence-corrected chi connectivity index (χ2v) is 8.81. The number of benzene rings is 2. The normalized spacial score (nSPS) is 16.5. The maximum atomic E-state index is 14.6. The summed E-state index contributed by atoms with van der Waals surface area (Å²) < 4.78 is 46.9. The minimum atomic E-state index is -3.71. The zero-order valence-corrected chi connectivity index (χ0v) is 16.9. The Bertz CT molecular complexity index is 1060. The van der Waals surface area contributed by atoms with Crippen LogP contribution in [0.15, 0.2) is 47.4 Å². The van der Waals surface area contributed by atoms with E-state index in [1.165, 1.54) is 35.6 Å². The lowest BCUT2D eigenvalue weighted by Crippen LogP contribution is -2.31. The topological polar surface area (TPSA) is 87.2 Å². The molecule has 3 rings (SSSR count). The predicted molar refractivity (Wildman–Crippen MR) is 107 cm³/mol. The molecule has 1 aliphatic rings. The van der Waals surface area contributed by atoms with E-state index in [0.717, 1.165) is 6.08 Å². The lowest BCUT2D eigenvalue weighted by atomic mass is 9.96. The van der Waals surface area contributed by atoms with E-state index in [0.29, 0.717) is 29.7 Å². The van der Waals surface area contributed by atoms with Crippen molar-refractivity contribution in [2.24, 2.45) is 0 Å². The summed E-state index contributed by atoms with van der Waals surface area (Å²) in [4.78, 5) is 11.0. The van der Waals surface area contributed by atoms with E-state index >= 15 is 0 Å². The van der Waals surface area contributed by atoms with Crippen LogP contribution in [0.25, 0.3) is 17.2 Å². The number of rotatable bonds is 8. The predicted octanol–water partition coefficient (Wildman–Crippen LogP) is 3.17. The molecule has 1 N–H and O–H groups in total. The third-order valence-corrected chi connectivity index (χ3v) is 6.66. The van der Waals surface area contributed by atoms with Gasteiger partial charge in [-0.2, -0.15) is 4.31 Å². The summed E-state index contributed by atoms with van der Waals surface area (Å²) in [6.07, 6.45) is 2.62. The highest BCUT2D eigenvalue weighted by Crippen LogP contribution is 2.32. The molecule has 1 atom stereocenters. The highest BCUT2D eigenvalue weighted by Gasteiger charge is 2.31. The number of hydrogen-bond acceptors (Lipinski definition) is 4. The van der Waals surface area contributed by atoms with Crippen molar-refractivity contribution in [1.82, 2.24) is 4.31 Å². The summed E-state index contributed by atoms with van der Waals surface area (Å²) in [6.45, 7) is 2.67. The van der Waals surface area contributed by atoms with Gasteiger partial charge in [0, 0.05) is 25.2 Å². The first-order chi connectivity index (χ1) is 13.7.